The Kier molecular flexibility index (Phi) is 6.09. The van der Waals surface area contributed by atoms with E-state index in [1.807, 2.05) is 25.1 Å². The molecule has 1 amide bonds. The molecule has 0 spiro atoms. The van der Waals surface area contributed by atoms with Gasteiger partial charge in [0, 0.05) is 15.9 Å². The molecule has 0 atom stereocenters. The largest absolute Gasteiger partial charge is 0.325 e. The smallest absolute Gasteiger partial charge is 0.234 e. The van der Waals surface area contributed by atoms with Crippen molar-refractivity contribution in [3.63, 3.8) is 0 Å². The van der Waals surface area contributed by atoms with E-state index in [1.54, 1.807) is 11.8 Å². The highest BCUT2D eigenvalue weighted by Crippen LogP contribution is 2.21. The third-order valence-corrected chi connectivity index (χ3v) is 5.12. The first kappa shape index (κ1) is 17.1. The van der Waals surface area contributed by atoms with Gasteiger partial charge in [0.25, 0.3) is 0 Å². The summed E-state index contributed by atoms with van der Waals surface area (Å²) in [6.45, 7) is 6.21. The number of amides is 1. The number of nitrogens with one attached hydrogen (secondary N) is 1. The molecule has 0 aromatic heterocycles. The summed E-state index contributed by atoms with van der Waals surface area (Å²) < 4.78 is 1.05. The number of anilines is 1. The van der Waals surface area contributed by atoms with Crippen molar-refractivity contribution in [2.24, 2.45) is 0 Å². The molecule has 0 aliphatic heterocycles. The molecule has 0 aliphatic rings. The molecule has 0 radical (unpaired) electrons. The molecule has 0 heterocycles. The molecule has 0 saturated carbocycles. The van der Waals surface area contributed by atoms with Crippen LogP contribution in [0.4, 0.5) is 5.69 Å². The first-order valence-electron chi connectivity index (χ1n) is 7.15. The minimum Gasteiger partial charge on any atom is -0.325 e. The Morgan fingerprint density at radius 1 is 1.09 bits per heavy atom. The highest BCUT2D eigenvalue weighted by Gasteiger charge is 2.05. The Balaban J connectivity index is 1.83. The van der Waals surface area contributed by atoms with Gasteiger partial charge in [-0.15, -0.1) is 11.8 Å². The number of hydrogen-bond donors (Lipinski definition) is 1. The lowest BCUT2D eigenvalue weighted by Crippen LogP contribution is -2.14. The zero-order valence-corrected chi connectivity index (χ0v) is 15.5. The zero-order chi connectivity index (χ0) is 16.1. The lowest BCUT2D eigenvalue weighted by Gasteiger charge is -2.08. The summed E-state index contributed by atoms with van der Waals surface area (Å²) in [6.07, 6.45) is 0. The number of carbonyl (C=O) groups is 1. The highest BCUT2D eigenvalue weighted by molar-refractivity contribution is 9.10. The zero-order valence-electron chi connectivity index (χ0n) is 13.1. The van der Waals surface area contributed by atoms with E-state index >= 15 is 0 Å². The number of halogens is 1. The van der Waals surface area contributed by atoms with Crippen molar-refractivity contribution < 1.29 is 4.79 Å². The van der Waals surface area contributed by atoms with E-state index in [2.05, 4.69) is 53.3 Å². The molecule has 0 saturated heterocycles. The number of thioether (sulfide) groups is 1. The van der Waals surface area contributed by atoms with Gasteiger partial charge in [0.1, 0.15) is 0 Å². The van der Waals surface area contributed by atoms with E-state index in [1.165, 1.54) is 16.7 Å². The summed E-state index contributed by atoms with van der Waals surface area (Å²) in [6, 6.07) is 12.3. The SMILES string of the molecule is Cc1cc(C)cc(CSCC(=O)Nc2ccc(Br)c(C)c2)c1. The first-order chi connectivity index (χ1) is 10.4. The van der Waals surface area contributed by atoms with Crippen molar-refractivity contribution in [1.82, 2.24) is 0 Å². The van der Waals surface area contributed by atoms with Crippen molar-refractivity contribution in [3.8, 4) is 0 Å². The van der Waals surface area contributed by atoms with E-state index in [0.29, 0.717) is 5.75 Å². The van der Waals surface area contributed by atoms with Gasteiger partial charge in [-0.05, 0) is 50.1 Å². The number of rotatable bonds is 5. The maximum atomic E-state index is 12.0. The van der Waals surface area contributed by atoms with Gasteiger partial charge in [0.15, 0.2) is 0 Å². The molecule has 0 bridgehead atoms. The fraction of sp³-hybridized carbons (Fsp3) is 0.278. The van der Waals surface area contributed by atoms with Gasteiger partial charge in [-0.3, -0.25) is 4.79 Å². The van der Waals surface area contributed by atoms with Crippen LogP contribution in [0.15, 0.2) is 40.9 Å². The quantitative estimate of drug-likeness (QED) is 0.770. The minimum absolute atomic E-state index is 0.0381. The fourth-order valence-corrected chi connectivity index (χ4v) is 3.34. The molecule has 2 rings (SSSR count). The molecular formula is C18H20BrNOS. The standard InChI is InChI=1S/C18H20BrNOS/c1-12-6-13(2)8-15(7-12)10-22-11-18(21)20-16-4-5-17(19)14(3)9-16/h4-9H,10-11H2,1-3H3,(H,20,21). The summed E-state index contributed by atoms with van der Waals surface area (Å²) in [5.74, 6) is 1.35. The minimum atomic E-state index is 0.0381. The van der Waals surface area contributed by atoms with E-state index in [4.69, 9.17) is 0 Å². The van der Waals surface area contributed by atoms with E-state index in [0.717, 1.165) is 21.5 Å². The van der Waals surface area contributed by atoms with Crippen molar-refractivity contribution in [2.75, 3.05) is 11.1 Å². The van der Waals surface area contributed by atoms with Gasteiger partial charge < -0.3 is 5.32 Å². The van der Waals surface area contributed by atoms with Crippen LogP contribution < -0.4 is 5.32 Å². The highest BCUT2D eigenvalue weighted by atomic mass is 79.9. The van der Waals surface area contributed by atoms with Gasteiger partial charge in [-0.1, -0.05) is 45.3 Å². The summed E-state index contributed by atoms with van der Waals surface area (Å²) in [5.41, 5.74) is 5.77. The van der Waals surface area contributed by atoms with Crippen LogP contribution in [-0.2, 0) is 10.5 Å². The van der Waals surface area contributed by atoms with Crippen LogP contribution in [0.1, 0.15) is 22.3 Å². The Hall–Kier alpha value is -1.26. The van der Waals surface area contributed by atoms with Crippen LogP contribution in [0.2, 0.25) is 0 Å². The molecule has 0 fully saturated rings. The predicted molar refractivity (Wildman–Crippen MR) is 99.6 cm³/mol. The second kappa shape index (κ2) is 7.84. The monoisotopic (exact) mass is 377 g/mol. The molecule has 4 heteroatoms. The lowest BCUT2D eigenvalue weighted by molar-refractivity contribution is -0.113. The molecule has 1 N–H and O–H groups in total. The third-order valence-electron chi connectivity index (χ3n) is 3.23. The van der Waals surface area contributed by atoms with E-state index < -0.39 is 0 Å². The van der Waals surface area contributed by atoms with Gasteiger partial charge in [0.2, 0.25) is 5.91 Å². The van der Waals surface area contributed by atoms with Crippen LogP contribution in [-0.4, -0.2) is 11.7 Å². The second-order valence-corrected chi connectivity index (χ2v) is 7.34. The van der Waals surface area contributed by atoms with Crippen LogP contribution in [0.5, 0.6) is 0 Å². The van der Waals surface area contributed by atoms with Crippen LogP contribution >= 0.6 is 27.7 Å². The molecule has 0 unspecified atom stereocenters. The topological polar surface area (TPSA) is 29.1 Å². The number of aryl methyl sites for hydroxylation is 3. The average molecular weight is 378 g/mol. The molecule has 116 valence electrons. The average Bonchev–Trinajstić information content (AvgIpc) is 2.42. The van der Waals surface area contributed by atoms with Gasteiger partial charge in [0.05, 0.1) is 5.75 Å². The van der Waals surface area contributed by atoms with Crippen LogP contribution in [0.3, 0.4) is 0 Å². The molecular weight excluding hydrogens is 358 g/mol. The van der Waals surface area contributed by atoms with Crippen molar-refractivity contribution >= 4 is 39.3 Å². The number of benzene rings is 2. The Morgan fingerprint density at radius 2 is 1.77 bits per heavy atom. The van der Waals surface area contributed by atoms with Crippen molar-refractivity contribution in [2.45, 2.75) is 26.5 Å². The normalized spacial score (nSPS) is 10.5. The fourth-order valence-electron chi connectivity index (χ4n) is 2.33. The van der Waals surface area contributed by atoms with Gasteiger partial charge in [-0.25, -0.2) is 0 Å². The van der Waals surface area contributed by atoms with Gasteiger partial charge >= 0.3 is 0 Å². The van der Waals surface area contributed by atoms with Crippen LogP contribution in [0, 0.1) is 20.8 Å². The maximum Gasteiger partial charge on any atom is 0.234 e. The van der Waals surface area contributed by atoms with E-state index in [-0.39, 0.29) is 5.91 Å². The maximum absolute atomic E-state index is 12.0. The first-order valence-corrected chi connectivity index (χ1v) is 9.10. The second-order valence-electron chi connectivity index (χ2n) is 5.50. The number of carbonyl (C=O) groups excluding carboxylic acids is 1. The lowest BCUT2D eigenvalue weighted by atomic mass is 10.1. The van der Waals surface area contributed by atoms with Crippen molar-refractivity contribution in [3.05, 3.63) is 63.1 Å². The Labute approximate surface area is 144 Å². The van der Waals surface area contributed by atoms with Gasteiger partial charge in [-0.2, -0.15) is 0 Å². The molecule has 22 heavy (non-hydrogen) atoms. The summed E-state index contributed by atoms with van der Waals surface area (Å²) in [5, 5.41) is 2.94. The summed E-state index contributed by atoms with van der Waals surface area (Å²) >= 11 is 5.10. The number of hydrogen-bond acceptors (Lipinski definition) is 2. The summed E-state index contributed by atoms with van der Waals surface area (Å²) in [7, 11) is 0. The molecule has 0 aliphatic carbocycles. The third kappa shape index (κ3) is 5.18. The van der Waals surface area contributed by atoms with E-state index in [9.17, 15) is 4.79 Å². The molecule has 2 nitrogen and oxygen atoms in total. The predicted octanol–water partition coefficient (Wildman–Crippen LogP) is 5.25. The Morgan fingerprint density at radius 3 is 2.41 bits per heavy atom. The van der Waals surface area contributed by atoms with Crippen LogP contribution in [0.25, 0.3) is 0 Å². The van der Waals surface area contributed by atoms with Crippen molar-refractivity contribution in [1.29, 1.82) is 0 Å². The summed E-state index contributed by atoms with van der Waals surface area (Å²) in [4.78, 5) is 12.0. The Bertz CT molecular complexity index is 665. The molecule has 2 aromatic carbocycles. The molecule has 2 aromatic rings.